The third kappa shape index (κ3) is 5.28. The molecule has 0 aromatic heterocycles. The fraction of sp³-hybridized carbons (Fsp3) is 1.00. The summed E-state index contributed by atoms with van der Waals surface area (Å²) in [4.78, 5) is 2.44. The summed E-state index contributed by atoms with van der Waals surface area (Å²) in [5.74, 6) is 0. The number of likely N-dealkylation sites (N-methyl/N-ethyl adjacent to an activating group) is 1. The van der Waals surface area contributed by atoms with E-state index in [4.69, 9.17) is 10.5 Å². The average Bonchev–Trinajstić information content (AvgIpc) is 2.29. The molecule has 0 heterocycles. The van der Waals surface area contributed by atoms with Crippen molar-refractivity contribution in [2.75, 3.05) is 26.8 Å². The Morgan fingerprint density at radius 3 is 2.50 bits per heavy atom. The van der Waals surface area contributed by atoms with Gasteiger partial charge in [-0.15, -0.1) is 0 Å². The summed E-state index contributed by atoms with van der Waals surface area (Å²) in [5.41, 5.74) is 5.91. The molecule has 1 aliphatic carbocycles. The molecule has 0 unspecified atom stereocenters. The van der Waals surface area contributed by atoms with Gasteiger partial charge in [0.05, 0.1) is 6.61 Å². The Kier molecular flexibility index (Phi) is 7.01. The van der Waals surface area contributed by atoms with E-state index in [-0.39, 0.29) is 0 Å². The highest BCUT2D eigenvalue weighted by Crippen LogP contribution is 2.20. The molecule has 0 aromatic carbocycles. The molecule has 0 saturated heterocycles. The van der Waals surface area contributed by atoms with Gasteiger partial charge in [-0.1, -0.05) is 13.3 Å². The van der Waals surface area contributed by atoms with Crippen LogP contribution in [0.25, 0.3) is 0 Å². The SMILES string of the molecule is CCCCOCCN(C)C1CCC(N)CC1. The summed E-state index contributed by atoms with van der Waals surface area (Å²) in [6, 6.07) is 1.18. The lowest BCUT2D eigenvalue weighted by atomic mass is 9.91. The van der Waals surface area contributed by atoms with Gasteiger partial charge in [0.25, 0.3) is 0 Å². The Labute approximate surface area is 100 Å². The van der Waals surface area contributed by atoms with Crippen molar-refractivity contribution in [1.82, 2.24) is 4.90 Å². The second-order valence-corrected chi connectivity index (χ2v) is 5.02. The number of hydrogen-bond acceptors (Lipinski definition) is 3. The molecule has 0 aromatic rings. The molecule has 0 amide bonds. The maximum Gasteiger partial charge on any atom is 0.0593 e. The van der Waals surface area contributed by atoms with E-state index in [1.54, 1.807) is 0 Å². The van der Waals surface area contributed by atoms with Crippen LogP contribution in [0.15, 0.2) is 0 Å². The van der Waals surface area contributed by atoms with Crippen molar-refractivity contribution < 1.29 is 4.74 Å². The van der Waals surface area contributed by atoms with E-state index < -0.39 is 0 Å². The smallest absolute Gasteiger partial charge is 0.0593 e. The Hall–Kier alpha value is -0.120. The highest BCUT2D eigenvalue weighted by molar-refractivity contribution is 4.79. The molecule has 2 N–H and O–H groups in total. The van der Waals surface area contributed by atoms with Crippen molar-refractivity contribution in [3.63, 3.8) is 0 Å². The fourth-order valence-electron chi connectivity index (χ4n) is 2.28. The van der Waals surface area contributed by atoms with Crippen molar-refractivity contribution in [2.45, 2.75) is 57.5 Å². The zero-order chi connectivity index (χ0) is 11.8. The summed E-state index contributed by atoms with van der Waals surface area (Å²) >= 11 is 0. The minimum Gasteiger partial charge on any atom is -0.380 e. The van der Waals surface area contributed by atoms with Crippen LogP contribution in [-0.2, 0) is 4.74 Å². The maximum absolute atomic E-state index is 5.91. The Morgan fingerprint density at radius 2 is 1.88 bits per heavy atom. The minimum atomic E-state index is 0.449. The van der Waals surface area contributed by atoms with Gasteiger partial charge >= 0.3 is 0 Å². The van der Waals surface area contributed by atoms with Crippen molar-refractivity contribution in [2.24, 2.45) is 5.73 Å². The first kappa shape index (κ1) is 13.9. The maximum atomic E-state index is 5.91. The Balaban J connectivity index is 2.03. The van der Waals surface area contributed by atoms with E-state index in [1.165, 1.54) is 38.5 Å². The van der Waals surface area contributed by atoms with Crippen LogP contribution in [0.3, 0.4) is 0 Å². The molecule has 0 atom stereocenters. The summed E-state index contributed by atoms with van der Waals surface area (Å²) in [7, 11) is 2.21. The van der Waals surface area contributed by atoms with Crippen molar-refractivity contribution in [3.05, 3.63) is 0 Å². The molecule has 0 aliphatic heterocycles. The van der Waals surface area contributed by atoms with Crippen LogP contribution in [0.2, 0.25) is 0 Å². The predicted molar refractivity (Wildman–Crippen MR) is 68.6 cm³/mol. The quantitative estimate of drug-likeness (QED) is 0.677. The standard InChI is InChI=1S/C13H28N2O/c1-3-4-10-16-11-9-15(2)13-7-5-12(14)6-8-13/h12-13H,3-11,14H2,1-2H3. The number of hydrogen-bond donors (Lipinski definition) is 1. The van der Waals surface area contributed by atoms with Crippen LogP contribution in [-0.4, -0.2) is 43.8 Å². The zero-order valence-electron chi connectivity index (χ0n) is 11.0. The lowest BCUT2D eigenvalue weighted by Gasteiger charge is -2.33. The summed E-state index contributed by atoms with van der Waals surface area (Å²) in [6.07, 6.45) is 7.29. The van der Waals surface area contributed by atoms with Gasteiger partial charge in [0.15, 0.2) is 0 Å². The number of nitrogens with two attached hydrogens (primary N) is 1. The minimum absolute atomic E-state index is 0.449. The molecule has 1 fully saturated rings. The van der Waals surface area contributed by atoms with Gasteiger partial charge in [-0.25, -0.2) is 0 Å². The first-order chi connectivity index (χ1) is 7.74. The van der Waals surface area contributed by atoms with Crippen molar-refractivity contribution in [3.8, 4) is 0 Å². The molecule has 3 heteroatoms. The molecule has 16 heavy (non-hydrogen) atoms. The normalized spacial score (nSPS) is 26.2. The topological polar surface area (TPSA) is 38.5 Å². The molecule has 0 radical (unpaired) electrons. The van der Waals surface area contributed by atoms with E-state index in [9.17, 15) is 0 Å². The van der Waals surface area contributed by atoms with Gasteiger partial charge in [0.1, 0.15) is 0 Å². The third-order valence-electron chi connectivity index (χ3n) is 3.60. The van der Waals surface area contributed by atoms with Gasteiger partial charge in [0, 0.05) is 25.2 Å². The van der Waals surface area contributed by atoms with Gasteiger partial charge in [-0.3, -0.25) is 0 Å². The van der Waals surface area contributed by atoms with Gasteiger partial charge < -0.3 is 15.4 Å². The van der Waals surface area contributed by atoms with Gasteiger partial charge in [-0.05, 0) is 39.2 Å². The van der Waals surface area contributed by atoms with Crippen LogP contribution in [0.4, 0.5) is 0 Å². The molecule has 3 nitrogen and oxygen atoms in total. The van der Waals surface area contributed by atoms with E-state index in [0.29, 0.717) is 6.04 Å². The predicted octanol–water partition coefficient (Wildman–Crippen LogP) is 2.00. The Bertz CT molecular complexity index is 167. The van der Waals surface area contributed by atoms with Crippen molar-refractivity contribution in [1.29, 1.82) is 0 Å². The van der Waals surface area contributed by atoms with E-state index >= 15 is 0 Å². The van der Waals surface area contributed by atoms with Gasteiger partial charge in [-0.2, -0.15) is 0 Å². The molecule has 1 rings (SSSR count). The van der Waals surface area contributed by atoms with Crippen LogP contribution >= 0.6 is 0 Å². The average molecular weight is 228 g/mol. The number of nitrogens with zero attached hydrogens (tertiary/aromatic N) is 1. The lowest BCUT2D eigenvalue weighted by molar-refractivity contribution is 0.0868. The number of unbranched alkanes of at least 4 members (excludes halogenated alkanes) is 1. The van der Waals surface area contributed by atoms with Crippen molar-refractivity contribution >= 4 is 0 Å². The number of ether oxygens (including phenoxy) is 1. The molecular weight excluding hydrogens is 200 g/mol. The van der Waals surface area contributed by atoms with Crippen LogP contribution in [0.1, 0.15) is 45.4 Å². The van der Waals surface area contributed by atoms with E-state index in [2.05, 4.69) is 18.9 Å². The lowest BCUT2D eigenvalue weighted by Crippen LogP contribution is -2.40. The molecule has 1 saturated carbocycles. The molecule has 96 valence electrons. The highest BCUT2D eigenvalue weighted by Gasteiger charge is 2.21. The van der Waals surface area contributed by atoms with E-state index in [1.807, 2.05) is 0 Å². The third-order valence-corrected chi connectivity index (χ3v) is 3.60. The fourth-order valence-corrected chi connectivity index (χ4v) is 2.28. The summed E-state index contributed by atoms with van der Waals surface area (Å²) in [5, 5.41) is 0. The van der Waals surface area contributed by atoms with E-state index in [0.717, 1.165) is 25.8 Å². The molecular formula is C13H28N2O. The summed E-state index contributed by atoms with van der Waals surface area (Å²) in [6.45, 7) is 5.04. The van der Waals surface area contributed by atoms with Crippen LogP contribution < -0.4 is 5.73 Å². The zero-order valence-corrected chi connectivity index (χ0v) is 11.0. The summed E-state index contributed by atoms with van der Waals surface area (Å²) < 4.78 is 5.59. The Morgan fingerprint density at radius 1 is 1.19 bits per heavy atom. The molecule has 0 spiro atoms. The molecule has 1 aliphatic rings. The second-order valence-electron chi connectivity index (χ2n) is 5.02. The van der Waals surface area contributed by atoms with Crippen LogP contribution in [0.5, 0.6) is 0 Å². The highest BCUT2D eigenvalue weighted by atomic mass is 16.5. The second kappa shape index (κ2) is 8.04. The largest absolute Gasteiger partial charge is 0.380 e. The number of rotatable bonds is 7. The first-order valence-corrected chi connectivity index (χ1v) is 6.77. The monoisotopic (exact) mass is 228 g/mol. The molecule has 0 bridgehead atoms. The first-order valence-electron chi connectivity index (χ1n) is 6.77. The van der Waals surface area contributed by atoms with Gasteiger partial charge in [0.2, 0.25) is 0 Å². The van der Waals surface area contributed by atoms with Crippen LogP contribution in [0, 0.1) is 0 Å².